The molecule has 0 atom stereocenters. The number of benzene rings is 1. The lowest BCUT2D eigenvalue weighted by Crippen LogP contribution is -2.38. The Hall–Kier alpha value is -1.55. The Bertz CT molecular complexity index is 442. The first-order valence-electron chi connectivity index (χ1n) is 7.29. The van der Waals surface area contributed by atoms with Gasteiger partial charge in [-0.05, 0) is 30.5 Å². The van der Waals surface area contributed by atoms with Crippen LogP contribution in [0.2, 0.25) is 0 Å². The minimum absolute atomic E-state index is 0.139. The monoisotopic (exact) mass is 276 g/mol. The molecular formula is C16H24N2O2. The minimum atomic E-state index is 0.139. The van der Waals surface area contributed by atoms with Crippen molar-refractivity contribution < 1.29 is 9.53 Å². The highest BCUT2D eigenvalue weighted by Crippen LogP contribution is 2.17. The number of nitrogens with one attached hydrogen (secondary N) is 1. The van der Waals surface area contributed by atoms with Crippen molar-refractivity contribution in [3.63, 3.8) is 0 Å². The molecule has 0 unspecified atom stereocenters. The van der Waals surface area contributed by atoms with Gasteiger partial charge >= 0.3 is 0 Å². The lowest BCUT2D eigenvalue weighted by molar-refractivity contribution is -0.129. The van der Waals surface area contributed by atoms with Crippen LogP contribution in [-0.4, -0.2) is 37.6 Å². The number of hydrogen-bond acceptors (Lipinski definition) is 3. The summed E-state index contributed by atoms with van der Waals surface area (Å²) in [5.74, 6) is 0.965. The molecule has 0 bridgehead atoms. The van der Waals surface area contributed by atoms with E-state index in [2.05, 4.69) is 5.32 Å². The summed E-state index contributed by atoms with van der Waals surface area (Å²) < 4.78 is 5.20. The van der Waals surface area contributed by atoms with Gasteiger partial charge in [0.1, 0.15) is 5.75 Å². The van der Waals surface area contributed by atoms with E-state index in [1.54, 1.807) is 12.0 Å². The van der Waals surface area contributed by atoms with Gasteiger partial charge in [-0.1, -0.05) is 25.0 Å². The molecule has 1 aliphatic carbocycles. The van der Waals surface area contributed by atoms with Crippen LogP contribution in [0.3, 0.4) is 0 Å². The first-order valence-corrected chi connectivity index (χ1v) is 7.29. The van der Waals surface area contributed by atoms with Crippen LogP contribution >= 0.6 is 0 Å². The summed E-state index contributed by atoms with van der Waals surface area (Å²) in [4.78, 5) is 13.9. The van der Waals surface area contributed by atoms with Crippen molar-refractivity contribution in [3.8, 4) is 5.75 Å². The van der Waals surface area contributed by atoms with E-state index in [-0.39, 0.29) is 5.91 Å². The summed E-state index contributed by atoms with van der Waals surface area (Å²) in [5.41, 5.74) is 1.08. The molecule has 1 aliphatic rings. The van der Waals surface area contributed by atoms with Gasteiger partial charge < -0.3 is 15.0 Å². The number of ether oxygens (including phenoxy) is 1. The lowest BCUT2D eigenvalue weighted by atomic mass is 10.2. The maximum atomic E-state index is 12.1. The average molecular weight is 276 g/mol. The second-order valence-corrected chi connectivity index (χ2v) is 5.46. The fraction of sp³-hybridized carbons (Fsp3) is 0.562. The number of likely N-dealkylation sites (N-methyl/N-ethyl adjacent to an activating group) is 1. The van der Waals surface area contributed by atoms with Crippen LogP contribution in [-0.2, 0) is 11.3 Å². The van der Waals surface area contributed by atoms with E-state index in [1.165, 1.54) is 25.7 Å². The van der Waals surface area contributed by atoms with Gasteiger partial charge in [0.2, 0.25) is 5.91 Å². The van der Waals surface area contributed by atoms with Crippen LogP contribution in [0.15, 0.2) is 24.3 Å². The standard InChI is InChI=1S/C16H24N2O2/c1-18(12-13-6-5-9-15(10-13)20-2)16(19)11-17-14-7-3-4-8-14/h5-6,9-10,14,17H,3-4,7-8,11-12H2,1-2H3. The van der Waals surface area contributed by atoms with E-state index >= 15 is 0 Å². The molecule has 0 saturated heterocycles. The number of carbonyl (C=O) groups excluding carboxylic acids is 1. The van der Waals surface area contributed by atoms with Crippen LogP contribution in [0, 0.1) is 0 Å². The molecule has 110 valence electrons. The van der Waals surface area contributed by atoms with Gasteiger partial charge in [-0.15, -0.1) is 0 Å². The first kappa shape index (κ1) is 14.9. The van der Waals surface area contributed by atoms with Gasteiger partial charge in [0.05, 0.1) is 13.7 Å². The molecule has 1 amide bonds. The summed E-state index contributed by atoms with van der Waals surface area (Å²) in [7, 11) is 3.50. The van der Waals surface area contributed by atoms with Crippen molar-refractivity contribution in [1.82, 2.24) is 10.2 Å². The van der Waals surface area contributed by atoms with Gasteiger partial charge in [0.25, 0.3) is 0 Å². The second-order valence-electron chi connectivity index (χ2n) is 5.46. The smallest absolute Gasteiger partial charge is 0.236 e. The topological polar surface area (TPSA) is 41.6 Å². The molecule has 1 fully saturated rings. The second kappa shape index (κ2) is 7.29. The summed E-state index contributed by atoms with van der Waals surface area (Å²) in [6, 6.07) is 8.37. The molecule has 0 radical (unpaired) electrons. The van der Waals surface area contributed by atoms with Crippen LogP contribution in [0.25, 0.3) is 0 Å². The molecule has 0 spiro atoms. The Balaban J connectivity index is 1.80. The van der Waals surface area contributed by atoms with Gasteiger partial charge in [0.15, 0.2) is 0 Å². The molecule has 2 rings (SSSR count). The third kappa shape index (κ3) is 4.23. The zero-order valence-electron chi connectivity index (χ0n) is 12.4. The Labute approximate surface area is 121 Å². The maximum absolute atomic E-state index is 12.1. The highest BCUT2D eigenvalue weighted by atomic mass is 16.5. The van der Waals surface area contributed by atoms with Crippen molar-refractivity contribution in [2.75, 3.05) is 20.7 Å². The van der Waals surface area contributed by atoms with Gasteiger partial charge in [-0.3, -0.25) is 4.79 Å². The normalized spacial score (nSPS) is 15.3. The maximum Gasteiger partial charge on any atom is 0.236 e. The lowest BCUT2D eigenvalue weighted by Gasteiger charge is -2.19. The zero-order valence-corrected chi connectivity index (χ0v) is 12.4. The number of nitrogens with zero attached hydrogens (tertiary/aromatic N) is 1. The van der Waals surface area contributed by atoms with E-state index < -0.39 is 0 Å². The number of rotatable bonds is 6. The Morgan fingerprint density at radius 1 is 1.40 bits per heavy atom. The van der Waals surface area contributed by atoms with E-state index in [9.17, 15) is 4.79 Å². The van der Waals surface area contributed by atoms with E-state index in [4.69, 9.17) is 4.74 Å². The molecule has 1 aromatic rings. The number of amides is 1. The number of hydrogen-bond donors (Lipinski definition) is 1. The van der Waals surface area contributed by atoms with Gasteiger partial charge in [0, 0.05) is 19.6 Å². The van der Waals surface area contributed by atoms with Gasteiger partial charge in [-0.2, -0.15) is 0 Å². The zero-order chi connectivity index (χ0) is 14.4. The predicted molar refractivity (Wildman–Crippen MR) is 79.7 cm³/mol. The Morgan fingerprint density at radius 2 is 2.15 bits per heavy atom. The number of carbonyl (C=O) groups is 1. The van der Waals surface area contributed by atoms with Crippen molar-refractivity contribution in [1.29, 1.82) is 0 Å². The van der Waals surface area contributed by atoms with E-state index in [0.29, 0.717) is 19.1 Å². The molecule has 0 aromatic heterocycles. The van der Waals surface area contributed by atoms with E-state index in [0.717, 1.165) is 11.3 Å². The summed E-state index contributed by atoms with van der Waals surface area (Å²) in [6.07, 6.45) is 4.97. The van der Waals surface area contributed by atoms with Crippen LogP contribution in [0.5, 0.6) is 5.75 Å². The van der Waals surface area contributed by atoms with Crippen molar-refractivity contribution in [2.24, 2.45) is 0 Å². The summed E-state index contributed by atoms with van der Waals surface area (Å²) in [6.45, 7) is 1.05. The number of methoxy groups -OCH3 is 1. The molecule has 0 heterocycles. The van der Waals surface area contributed by atoms with Crippen molar-refractivity contribution in [3.05, 3.63) is 29.8 Å². The third-order valence-corrected chi connectivity index (χ3v) is 3.88. The fourth-order valence-electron chi connectivity index (χ4n) is 2.63. The highest BCUT2D eigenvalue weighted by Gasteiger charge is 2.16. The van der Waals surface area contributed by atoms with Crippen LogP contribution < -0.4 is 10.1 Å². The van der Waals surface area contributed by atoms with Crippen LogP contribution in [0.1, 0.15) is 31.2 Å². The Morgan fingerprint density at radius 3 is 2.85 bits per heavy atom. The predicted octanol–water partition coefficient (Wildman–Crippen LogP) is 2.19. The SMILES string of the molecule is COc1cccc(CN(C)C(=O)CNC2CCCC2)c1. The molecule has 4 nitrogen and oxygen atoms in total. The largest absolute Gasteiger partial charge is 0.497 e. The molecule has 4 heteroatoms. The minimum Gasteiger partial charge on any atom is -0.497 e. The third-order valence-electron chi connectivity index (χ3n) is 3.88. The molecular weight excluding hydrogens is 252 g/mol. The van der Waals surface area contributed by atoms with Crippen LogP contribution in [0.4, 0.5) is 0 Å². The van der Waals surface area contributed by atoms with Crippen molar-refractivity contribution in [2.45, 2.75) is 38.3 Å². The van der Waals surface area contributed by atoms with E-state index in [1.807, 2.05) is 31.3 Å². The molecule has 20 heavy (non-hydrogen) atoms. The Kier molecular flexibility index (Phi) is 5.41. The van der Waals surface area contributed by atoms with Crippen molar-refractivity contribution >= 4 is 5.91 Å². The molecule has 1 saturated carbocycles. The fourth-order valence-corrected chi connectivity index (χ4v) is 2.63. The van der Waals surface area contributed by atoms with Gasteiger partial charge in [-0.25, -0.2) is 0 Å². The summed E-state index contributed by atoms with van der Waals surface area (Å²) >= 11 is 0. The average Bonchev–Trinajstić information content (AvgIpc) is 2.98. The molecule has 1 N–H and O–H groups in total. The first-order chi connectivity index (χ1) is 9.69. The molecule has 0 aliphatic heterocycles. The summed E-state index contributed by atoms with van der Waals surface area (Å²) in [5, 5.41) is 3.35. The quantitative estimate of drug-likeness (QED) is 0.866. The molecule has 1 aromatic carbocycles. The highest BCUT2D eigenvalue weighted by molar-refractivity contribution is 5.78.